The summed E-state index contributed by atoms with van der Waals surface area (Å²) in [5.41, 5.74) is 6.91. The number of pyridine rings is 1. The minimum Gasteiger partial charge on any atom is -0.456 e. The van der Waals surface area contributed by atoms with Crippen LogP contribution in [0.2, 0.25) is 0 Å². The van der Waals surface area contributed by atoms with Crippen molar-refractivity contribution in [2.24, 2.45) is 10.8 Å². The van der Waals surface area contributed by atoms with Gasteiger partial charge in [0.2, 0.25) is 0 Å². The molecule has 0 saturated heterocycles. The molecule has 4 aromatic carbocycles. The topological polar surface area (TPSA) is 22.1 Å². The van der Waals surface area contributed by atoms with Crippen LogP contribution in [0, 0.1) is 10.8 Å². The molecule has 0 bridgehead atoms. The number of aryl methyl sites for hydroxylation is 1. The number of aromatic nitrogens is 1. The van der Waals surface area contributed by atoms with Crippen molar-refractivity contribution in [3.8, 4) is 22.8 Å². The lowest BCUT2D eigenvalue weighted by molar-refractivity contribution is 0.225. The molecule has 2 nitrogen and oxygen atoms in total. The van der Waals surface area contributed by atoms with Gasteiger partial charge in [0.15, 0.2) is 0 Å². The molecule has 2 aliphatic rings. The maximum atomic E-state index is 7.03. The molecule has 0 radical (unpaired) electrons. The zero-order valence-corrected chi connectivity index (χ0v) is 24.9. The molecule has 204 valence electrons. The summed E-state index contributed by atoms with van der Waals surface area (Å²) >= 11 is 0. The Hall–Kier alpha value is -3.39. The Bertz CT molecular complexity index is 1790. The first kappa shape index (κ1) is 25.6. The van der Waals surface area contributed by atoms with E-state index in [1.165, 1.54) is 69.3 Å². The lowest BCUT2D eigenvalue weighted by atomic mass is 9.70. The van der Waals surface area contributed by atoms with Crippen LogP contribution >= 0.6 is 0 Å². The summed E-state index contributed by atoms with van der Waals surface area (Å²) in [5.74, 6) is 2.56. The summed E-state index contributed by atoms with van der Waals surface area (Å²) in [4.78, 5) is 5.02. The average Bonchev–Trinajstić information content (AvgIpc) is 2.92. The summed E-state index contributed by atoms with van der Waals surface area (Å²) in [6.07, 6.45) is 9.06. The van der Waals surface area contributed by atoms with Crippen molar-refractivity contribution in [2.45, 2.75) is 86.0 Å². The number of benzene rings is 4. The van der Waals surface area contributed by atoms with Crippen LogP contribution < -0.4 is 4.74 Å². The predicted molar refractivity (Wildman–Crippen MR) is 170 cm³/mol. The van der Waals surface area contributed by atoms with Gasteiger partial charge in [-0.1, -0.05) is 77.9 Å². The molecule has 1 fully saturated rings. The number of fused-ring (bicyclic) bond motifs is 5. The molecule has 2 heteroatoms. The van der Waals surface area contributed by atoms with Gasteiger partial charge in [-0.05, 0) is 112 Å². The predicted octanol–water partition coefficient (Wildman–Crippen LogP) is 11.1. The Morgan fingerprint density at radius 3 is 2.45 bits per heavy atom. The van der Waals surface area contributed by atoms with Gasteiger partial charge in [0, 0.05) is 17.3 Å². The fourth-order valence-electron chi connectivity index (χ4n) is 7.31. The molecule has 0 spiro atoms. The van der Waals surface area contributed by atoms with Crippen LogP contribution in [0.5, 0.6) is 11.5 Å². The van der Waals surface area contributed by atoms with E-state index in [0.29, 0.717) is 11.3 Å². The van der Waals surface area contributed by atoms with Gasteiger partial charge in [0.1, 0.15) is 11.5 Å². The van der Waals surface area contributed by atoms with Gasteiger partial charge in [-0.3, -0.25) is 4.98 Å². The molecule has 0 N–H and O–H groups in total. The number of hydrogen-bond acceptors (Lipinski definition) is 2. The summed E-state index contributed by atoms with van der Waals surface area (Å²) in [7, 11) is 0. The molecule has 40 heavy (non-hydrogen) atoms. The molecule has 0 amide bonds. The van der Waals surface area contributed by atoms with Crippen molar-refractivity contribution in [2.75, 3.05) is 0 Å². The van der Waals surface area contributed by atoms with Gasteiger partial charge >= 0.3 is 0 Å². The lowest BCUT2D eigenvalue weighted by Gasteiger charge is -2.35. The minimum absolute atomic E-state index is 0.125. The molecular weight excluding hydrogens is 486 g/mol. The third kappa shape index (κ3) is 4.19. The normalized spacial score (nSPS) is 16.9. The molecule has 5 aromatic rings. The minimum atomic E-state index is 0.125. The van der Waals surface area contributed by atoms with Crippen LogP contribution in [0.3, 0.4) is 0 Å². The molecule has 0 atom stereocenters. The van der Waals surface area contributed by atoms with E-state index < -0.39 is 0 Å². The number of rotatable bonds is 3. The van der Waals surface area contributed by atoms with Crippen molar-refractivity contribution >= 4 is 32.3 Å². The average molecular weight is 528 g/mol. The van der Waals surface area contributed by atoms with E-state index in [0.717, 1.165) is 41.0 Å². The summed E-state index contributed by atoms with van der Waals surface area (Å²) in [5, 5.41) is 7.65. The Morgan fingerprint density at radius 2 is 1.70 bits per heavy atom. The van der Waals surface area contributed by atoms with Crippen molar-refractivity contribution in [3.05, 3.63) is 77.5 Å². The molecule has 0 unspecified atom stereocenters. The quantitative estimate of drug-likeness (QED) is 0.214. The highest BCUT2D eigenvalue weighted by Gasteiger charge is 2.31. The third-order valence-corrected chi connectivity index (χ3v) is 9.52. The van der Waals surface area contributed by atoms with Crippen LogP contribution in [-0.4, -0.2) is 4.98 Å². The van der Waals surface area contributed by atoms with E-state index in [1.807, 2.05) is 6.20 Å². The SMILES string of the molecule is CCc1ccc2c(CC(C)(C)C)c3c(cc2c1)-c1nccc2c1c(cc1c(C4CCC(C)(C)CC4)cccc12)O3. The maximum Gasteiger partial charge on any atom is 0.140 e. The zero-order valence-electron chi connectivity index (χ0n) is 24.9. The second kappa shape index (κ2) is 9.06. The molecule has 1 saturated carbocycles. The summed E-state index contributed by atoms with van der Waals surface area (Å²) in [6.45, 7) is 14.0. The smallest absolute Gasteiger partial charge is 0.140 e. The van der Waals surface area contributed by atoms with Gasteiger partial charge < -0.3 is 4.74 Å². The number of ether oxygens (including phenoxy) is 1. The monoisotopic (exact) mass is 527 g/mol. The maximum absolute atomic E-state index is 7.03. The van der Waals surface area contributed by atoms with Crippen LogP contribution in [0.1, 0.15) is 89.8 Å². The molecule has 1 aliphatic heterocycles. The van der Waals surface area contributed by atoms with E-state index in [9.17, 15) is 0 Å². The fourth-order valence-corrected chi connectivity index (χ4v) is 7.31. The zero-order chi connectivity index (χ0) is 27.8. The summed E-state index contributed by atoms with van der Waals surface area (Å²) in [6, 6.07) is 20.7. The van der Waals surface area contributed by atoms with Crippen LogP contribution in [0.15, 0.2) is 60.8 Å². The van der Waals surface area contributed by atoms with E-state index in [1.54, 1.807) is 0 Å². The highest BCUT2D eigenvalue weighted by atomic mass is 16.5. The van der Waals surface area contributed by atoms with E-state index in [4.69, 9.17) is 9.72 Å². The fraction of sp³-hybridized carbons (Fsp3) is 0.395. The van der Waals surface area contributed by atoms with E-state index in [2.05, 4.69) is 96.1 Å². The van der Waals surface area contributed by atoms with Gasteiger partial charge in [0.05, 0.1) is 11.1 Å². The van der Waals surface area contributed by atoms with Gasteiger partial charge in [-0.25, -0.2) is 0 Å². The second-order valence-corrected chi connectivity index (χ2v) is 14.3. The van der Waals surface area contributed by atoms with Crippen LogP contribution in [0.4, 0.5) is 0 Å². The van der Waals surface area contributed by atoms with Gasteiger partial charge in [-0.2, -0.15) is 0 Å². The van der Waals surface area contributed by atoms with E-state index in [-0.39, 0.29) is 5.41 Å². The third-order valence-electron chi connectivity index (χ3n) is 9.52. The second-order valence-electron chi connectivity index (χ2n) is 14.3. The first-order valence-corrected chi connectivity index (χ1v) is 15.2. The summed E-state index contributed by atoms with van der Waals surface area (Å²) < 4.78 is 7.03. The number of nitrogens with zero attached hydrogens (tertiary/aromatic N) is 1. The van der Waals surface area contributed by atoms with E-state index >= 15 is 0 Å². The Morgan fingerprint density at radius 1 is 0.900 bits per heavy atom. The Labute approximate surface area is 238 Å². The first-order valence-electron chi connectivity index (χ1n) is 15.2. The highest BCUT2D eigenvalue weighted by Crippen LogP contribution is 2.53. The lowest BCUT2D eigenvalue weighted by Crippen LogP contribution is -2.20. The van der Waals surface area contributed by atoms with Crippen molar-refractivity contribution in [3.63, 3.8) is 0 Å². The molecule has 2 heterocycles. The van der Waals surface area contributed by atoms with Gasteiger partial charge in [-0.15, -0.1) is 0 Å². The molecule has 1 aliphatic carbocycles. The Kier molecular flexibility index (Phi) is 5.79. The van der Waals surface area contributed by atoms with Crippen molar-refractivity contribution < 1.29 is 4.74 Å². The Balaban J connectivity index is 1.48. The van der Waals surface area contributed by atoms with Crippen molar-refractivity contribution in [1.82, 2.24) is 4.98 Å². The van der Waals surface area contributed by atoms with Crippen molar-refractivity contribution in [1.29, 1.82) is 0 Å². The first-order chi connectivity index (χ1) is 19.1. The largest absolute Gasteiger partial charge is 0.456 e. The van der Waals surface area contributed by atoms with Crippen LogP contribution in [-0.2, 0) is 12.8 Å². The molecule has 7 rings (SSSR count). The standard InChI is InChI=1S/C38H41NO/c1-7-23-11-12-27-25(19-23)20-31-35-34-29(15-18-39-35)28-10-8-9-26(24-13-16-38(5,6)17-14-24)30(28)21-33(34)40-36(31)32(27)22-37(2,3)4/h8-12,15,18-21,24H,7,13-14,16-17,22H2,1-6H3. The number of hydrogen-bond donors (Lipinski definition) is 0. The van der Waals surface area contributed by atoms with Gasteiger partial charge in [0.25, 0.3) is 0 Å². The molecular formula is C38H41NO. The highest BCUT2D eigenvalue weighted by molar-refractivity contribution is 6.17. The molecule has 1 aromatic heterocycles. The van der Waals surface area contributed by atoms with Crippen LogP contribution in [0.25, 0.3) is 43.6 Å².